The number of aryl methyl sites for hydroxylation is 1. The molecule has 2 aromatic rings. The van der Waals surface area contributed by atoms with Crippen LogP contribution >= 0.6 is 22.9 Å². The molecule has 2 rings (SSSR count). The molecule has 1 N–H and O–H groups in total. The summed E-state index contributed by atoms with van der Waals surface area (Å²) in [6.07, 6.45) is 0.310. The Morgan fingerprint density at radius 1 is 1.47 bits per heavy atom. The number of aromatic nitrogens is 1. The summed E-state index contributed by atoms with van der Waals surface area (Å²) in [5, 5.41) is 5.62. The van der Waals surface area contributed by atoms with Crippen molar-refractivity contribution >= 4 is 34.2 Å². The monoisotopic (exact) mass is 296 g/mol. The topological polar surface area (TPSA) is 51.2 Å². The van der Waals surface area contributed by atoms with Crippen molar-refractivity contribution in [3.63, 3.8) is 0 Å². The maximum absolute atomic E-state index is 11.6. The Kier molecular flexibility index (Phi) is 4.76. The molecule has 6 heteroatoms. The van der Waals surface area contributed by atoms with Gasteiger partial charge < -0.3 is 4.74 Å². The predicted octanol–water partition coefficient (Wildman–Crippen LogP) is 4.11. The highest BCUT2D eigenvalue weighted by Crippen LogP contribution is 2.18. The number of ether oxygens (including phenoxy) is 1. The minimum atomic E-state index is -0.531. The molecule has 0 fully saturated rings. The van der Waals surface area contributed by atoms with E-state index in [9.17, 15) is 4.79 Å². The molecule has 0 unspecified atom stereocenters. The fourth-order valence-corrected chi connectivity index (χ4v) is 2.38. The Morgan fingerprint density at radius 2 is 2.26 bits per heavy atom. The lowest BCUT2D eigenvalue weighted by Gasteiger charge is -2.06. The first kappa shape index (κ1) is 13.8. The normalized spacial score (nSPS) is 10.2. The van der Waals surface area contributed by atoms with Crippen molar-refractivity contribution in [2.75, 3.05) is 5.32 Å². The number of nitrogens with one attached hydrogen (secondary N) is 1. The van der Waals surface area contributed by atoms with Gasteiger partial charge in [-0.1, -0.05) is 36.7 Å². The Hall–Kier alpha value is -1.59. The summed E-state index contributed by atoms with van der Waals surface area (Å²) >= 11 is 7.35. The summed E-state index contributed by atoms with van der Waals surface area (Å²) in [5.41, 5.74) is 1.72. The fourth-order valence-electron chi connectivity index (χ4n) is 1.41. The van der Waals surface area contributed by atoms with Gasteiger partial charge in [-0.2, -0.15) is 0 Å². The molecule has 4 nitrogen and oxygen atoms in total. The minimum Gasteiger partial charge on any atom is -0.444 e. The Bertz CT molecular complexity index is 571. The molecular formula is C13H13ClN2O2S. The second-order valence-electron chi connectivity index (χ2n) is 3.79. The largest absolute Gasteiger partial charge is 0.444 e. The fraction of sp³-hybridized carbons (Fsp3) is 0.231. The summed E-state index contributed by atoms with van der Waals surface area (Å²) in [5.74, 6) is 0. The van der Waals surface area contributed by atoms with E-state index in [0.717, 1.165) is 17.7 Å². The molecule has 0 aliphatic heterocycles. The highest BCUT2D eigenvalue weighted by atomic mass is 35.5. The number of halogens is 1. The van der Waals surface area contributed by atoms with E-state index in [-0.39, 0.29) is 6.61 Å². The third-order valence-corrected chi connectivity index (χ3v) is 3.61. The number of benzene rings is 1. The van der Waals surface area contributed by atoms with Crippen LogP contribution in [0.25, 0.3) is 0 Å². The van der Waals surface area contributed by atoms with E-state index >= 15 is 0 Å². The van der Waals surface area contributed by atoms with Crippen LogP contribution in [-0.4, -0.2) is 11.1 Å². The van der Waals surface area contributed by atoms with E-state index in [4.69, 9.17) is 16.3 Å². The van der Waals surface area contributed by atoms with Crippen molar-refractivity contribution in [1.82, 2.24) is 4.98 Å². The van der Waals surface area contributed by atoms with Gasteiger partial charge in [-0.3, -0.25) is 5.32 Å². The van der Waals surface area contributed by atoms with Gasteiger partial charge in [0.1, 0.15) is 6.61 Å². The van der Waals surface area contributed by atoms with Crippen LogP contribution in [0, 0.1) is 0 Å². The van der Waals surface area contributed by atoms with Crippen molar-refractivity contribution < 1.29 is 9.53 Å². The Balaban J connectivity index is 1.86. The molecule has 0 bridgehead atoms. The van der Waals surface area contributed by atoms with Gasteiger partial charge in [-0.25, -0.2) is 9.78 Å². The number of carbonyl (C=O) groups is 1. The summed E-state index contributed by atoms with van der Waals surface area (Å²) in [6.45, 7) is 2.14. The smallest absolute Gasteiger partial charge is 0.413 e. The van der Waals surface area contributed by atoms with E-state index in [1.807, 2.05) is 30.5 Å². The highest BCUT2D eigenvalue weighted by Gasteiger charge is 2.08. The first-order chi connectivity index (χ1) is 9.19. The van der Waals surface area contributed by atoms with Crippen molar-refractivity contribution in [3.05, 3.63) is 45.9 Å². The lowest BCUT2D eigenvalue weighted by molar-refractivity contribution is 0.155. The second kappa shape index (κ2) is 6.54. The van der Waals surface area contributed by atoms with Crippen molar-refractivity contribution in [2.24, 2.45) is 0 Å². The average molecular weight is 297 g/mol. The number of nitrogens with zero attached hydrogens (tertiary/aromatic N) is 1. The maximum atomic E-state index is 11.6. The van der Waals surface area contributed by atoms with Gasteiger partial charge in [0.15, 0.2) is 5.13 Å². The summed E-state index contributed by atoms with van der Waals surface area (Å²) < 4.78 is 5.09. The zero-order valence-corrected chi connectivity index (χ0v) is 11.9. The van der Waals surface area contributed by atoms with Gasteiger partial charge >= 0.3 is 6.09 Å². The van der Waals surface area contributed by atoms with Crippen molar-refractivity contribution in [3.8, 4) is 0 Å². The van der Waals surface area contributed by atoms with Crippen LogP contribution in [0.3, 0.4) is 0 Å². The first-order valence-electron chi connectivity index (χ1n) is 5.80. The van der Waals surface area contributed by atoms with Crippen LogP contribution in [0.4, 0.5) is 9.93 Å². The lowest BCUT2D eigenvalue weighted by Crippen LogP contribution is -2.13. The van der Waals surface area contributed by atoms with Crippen LogP contribution in [0.5, 0.6) is 0 Å². The third-order valence-electron chi connectivity index (χ3n) is 2.44. The molecule has 0 atom stereocenters. The van der Waals surface area contributed by atoms with Gasteiger partial charge in [-0.05, 0) is 12.5 Å². The number of thiazole rings is 1. The lowest BCUT2D eigenvalue weighted by atomic mass is 10.2. The van der Waals surface area contributed by atoms with E-state index in [0.29, 0.717) is 10.2 Å². The molecule has 0 saturated heterocycles. The molecule has 0 spiro atoms. The number of amides is 1. The number of carbonyl (C=O) groups excluding carboxylic acids is 1. The standard InChI is InChI=1S/C13H13ClN2O2S/c1-2-10-8-19-12(15-10)16-13(17)18-7-9-5-3-4-6-11(9)14/h3-6,8H,2,7H2,1H3,(H,15,16,17). The molecule has 100 valence electrons. The van der Waals surface area contributed by atoms with Gasteiger partial charge in [0.2, 0.25) is 0 Å². The molecule has 0 aliphatic rings. The van der Waals surface area contributed by atoms with Crippen LogP contribution in [0.1, 0.15) is 18.2 Å². The highest BCUT2D eigenvalue weighted by molar-refractivity contribution is 7.13. The van der Waals surface area contributed by atoms with Crippen LogP contribution in [0.15, 0.2) is 29.6 Å². The Morgan fingerprint density at radius 3 is 2.95 bits per heavy atom. The summed E-state index contributed by atoms with van der Waals surface area (Å²) in [6, 6.07) is 7.24. The number of hydrogen-bond donors (Lipinski definition) is 1. The van der Waals surface area contributed by atoms with E-state index in [2.05, 4.69) is 10.3 Å². The zero-order chi connectivity index (χ0) is 13.7. The molecule has 0 radical (unpaired) electrons. The molecule has 1 heterocycles. The summed E-state index contributed by atoms with van der Waals surface area (Å²) in [4.78, 5) is 15.8. The molecule has 1 aromatic carbocycles. The minimum absolute atomic E-state index is 0.136. The molecule has 1 aromatic heterocycles. The van der Waals surface area contributed by atoms with E-state index in [1.54, 1.807) is 6.07 Å². The first-order valence-corrected chi connectivity index (χ1v) is 7.06. The third kappa shape index (κ3) is 3.94. The van der Waals surface area contributed by atoms with Gasteiger partial charge in [0, 0.05) is 16.0 Å². The quantitative estimate of drug-likeness (QED) is 0.924. The zero-order valence-electron chi connectivity index (χ0n) is 10.4. The molecule has 19 heavy (non-hydrogen) atoms. The number of rotatable bonds is 4. The van der Waals surface area contributed by atoms with Gasteiger partial charge in [0.05, 0.1) is 5.69 Å². The molecule has 1 amide bonds. The number of anilines is 1. The second-order valence-corrected chi connectivity index (χ2v) is 5.06. The number of hydrogen-bond acceptors (Lipinski definition) is 4. The van der Waals surface area contributed by atoms with E-state index < -0.39 is 6.09 Å². The van der Waals surface area contributed by atoms with Crippen LogP contribution in [0.2, 0.25) is 5.02 Å². The maximum Gasteiger partial charge on any atom is 0.413 e. The SMILES string of the molecule is CCc1csc(NC(=O)OCc2ccccc2Cl)n1. The molecular weight excluding hydrogens is 284 g/mol. The van der Waals surface area contributed by atoms with Crippen molar-refractivity contribution in [2.45, 2.75) is 20.0 Å². The van der Waals surface area contributed by atoms with Gasteiger partial charge in [0.25, 0.3) is 0 Å². The predicted molar refractivity (Wildman–Crippen MR) is 76.8 cm³/mol. The van der Waals surface area contributed by atoms with Gasteiger partial charge in [-0.15, -0.1) is 11.3 Å². The van der Waals surface area contributed by atoms with E-state index in [1.165, 1.54) is 11.3 Å². The molecule has 0 saturated carbocycles. The van der Waals surface area contributed by atoms with Crippen molar-refractivity contribution in [1.29, 1.82) is 0 Å². The molecule has 0 aliphatic carbocycles. The summed E-state index contributed by atoms with van der Waals surface area (Å²) in [7, 11) is 0. The van der Waals surface area contributed by atoms with Crippen LogP contribution in [-0.2, 0) is 17.8 Å². The van der Waals surface area contributed by atoms with Crippen LogP contribution < -0.4 is 5.32 Å². The average Bonchev–Trinajstić information content (AvgIpc) is 2.85. The Labute approximate surface area is 120 Å².